The number of benzene rings is 3. The van der Waals surface area contributed by atoms with Crippen molar-refractivity contribution in [1.29, 1.82) is 0 Å². The number of fused-ring (bicyclic) bond motifs is 1. The second-order valence-corrected chi connectivity index (χ2v) is 12.5. The highest BCUT2D eigenvalue weighted by Gasteiger charge is 2.32. The number of aromatic nitrogens is 1. The van der Waals surface area contributed by atoms with Crippen LogP contribution in [0.2, 0.25) is 0 Å². The molecule has 224 valence electrons. The first kappa shape index (κ1) is 30.1. The maximum atomic E-state index is 13.8. The predicted octanol–water partition coefficient (Wildman–Crippen LogP) is 9.45. The molecular formula is C34H31F4NO4. The van der Waals surface area contributed by atoms with Gasteiger partial charge in [-0.25, -0.2) is 9.37 Å². The number of alkyl halides is 3. The molecule has 0 aliphatic rings. The van der Waals surface area contributed by atoms with Crippen molar-refractivity contribution in [3.05, 3.63) is 106 Å². The molecule has 43 heavy (non-hydrogen) atoms. The number of ether oxygens (including phenoxy) is 1. The van der Waals surface area contributed by atoms with Crippen LogP contribution in [0.5, 0.6) is 5.75 Å². The molecule has 5 nitrogen and oxygen atoms in total. The van der Waals surface area contributed by atoms with Crippen molar-refractivity contribution in [2.45, 2.75) is 65.2 Å². The number of oxazole rings is 1. The zero-order valence-electron chi connectivity index (χ0n) is 24.7. The molecule has 5 rings (SSSR count). The third kappa shape index (κ3) is 6.21. The van der Waals surface area contributed by atoms with Crippen LogP contribution in [0.15, 0.2) is 80.8 Å². The molecule has 0 unspecified atom stereocenters. The van der Waals surface area contributed by atoms with Gasteiger partial charge in [0.2, 0.25) is 11.3 Å². The molecule has 0 radical (unpaired) electrons. The van der Waals surface area contributed by atoms with Crippen molar-refractivity contribution in [1.82, 2.24) is 4.98 Å². The summed E-state index contributed by atoms with van der Waals surface area (Å²) in [6.07, 6.45) is -2.02. The molecule has 5 aromatic rings. The van der Waals surface area contributed by atoms with Crippen LogP contribution in [0.25, 0.3) is 33.6 Å². The van der Waals surface area contributed by atoms with Gasteiger partial charge in [0.25, 0.3) is 0 Å². The van der Waals surface area contributed by atoms with Crippen LogP contribution in [0.1, 0.15) is 63.9 Å². The molecule has 0 amide bonds. The van der Waals surface area contributed by atoms with Gasteiger partial charge in [0, 0.05) is 11.6 Å². The van der Waals surface area contributed by atoms with E-state index in [1.807, 2.05) is 12.1 Å². The Bertz CT molecular complexity index is 1870. The van der Waals surface area contributed by atoms with E-state index in [2.05, 4.69) is 52.6 Å². The predicted molar refractivity (Wildman–Crippen MR) is 157 cm³/mol. The molecular weight excluding hydrogens is 562 g/mol. The second-order valence-electron chi connectivity index (χ2n) is 12.5. The van der Waals surface area contributed by atoms with Crippen molar-refractivity contribution in [3.63, 3.8) is 0 Å². The van der Waals surface area contributed by atoms with Crippen molar-refractivity contribution >= 4 is 11.0 Å². The van der Waals surface area contributed by atoms with Gasteiger partial charge >= 0.3 is 6.18 Å². The summed E-state index contributed by atoms with van der Waals surface area (Å²) in [4.78, 5) is 17.8. The van der Waals surface area contributed by atoms with Crippen LogP contribution in [-0.4, -0.2) is 4.98 Å². The quantitative estimate of drug-likeness (QED) is 0.190. The zero-order valence-corrected chi connectivity index (χ0v) is 24.7. The highest BCUT2D eigenvalue weighted by molar-refractivity contribution is 5.84. The monoisotopic (exact) mass is 593 g/mol. The molecule has 9 heteroatoms. The first-order chi connectivity index (χ1) is 20.0. The Morgan fingerprint density at radius 3 is 2.26 bits per heavy atom. The normalized spacial score (nSPS) is 12.6. The van der Waals surface area contributed by atoms with E-state index in [0.717, 1.165) is 28.8 Å². The standard InChI is InChI=1S/C34H31F4NO4/c1-32(2,3)27-9-7-8-24(29(27)33(4,5)6)26-18-42-28-15-23(10-11-25(28)30(26)40)41-16-22-17-43-31(39-22)19-12-20(34(36,37)38)14-21(35)13-19/h7-15,17-18H,16H2,1-6H3. The Hall–Kier alpha value is -4.40. The van der Waals surface area contributed by atoms with Crippen molar-refractivity contribution in [2.75, 3.05) is 0 Å². The number of halogens is 4. The third-order valence-corrected chi connectivity index (χ3v) is 7.07. The van der Waals surface area contributed by atoms with E-state index >= 15 is 0 Å². The van der Waals surface area contributed by atoms with E-state index < -0.39 is 17.6 Å². The van der Waals surface area contributed by atoms with Crippen LogP contribution in [0, 0.1) is 5.82 Å². The molecule has 0 N–H and O–H groups in total. The maximum absolute atomic E-state index is 13.8. The summed E-state index contributed by atoms with van der Waals surface area (Å²) >= 11 is 0. The van der Waals surface area contributed by atoms with Gasteiger partial charge in [-0.2, -0.15) is 13.2 Å². The van der Waals surface area contributed by atoms with Crippen LogP contribution in [-0.2, 0) is 23.6 Å². The number of hydrogen-bond donors (Lipinski definition) is 0. The average Bonchev–Trinajstić information content (AvgIpc) is 3.39. The van der Waals surface area contributed by atoms with Gasteiger partial charge in [-0.3, -0.25) is 4.79 Å². The molecule has 0 aliphatic carbocycles. The molecule has 2 aromatic heterocycles. The first-order valence-corrected chi connectivity index (χ1v) is 13.7. The first-order valence-electron chi connectivity index (χ1n) is 13.7. The lowest BCUT2D eigenvalue weighted by atomic mass is 9.72. The van der Waals surface area contributed by atoms with Crippen LogP contribution >= 0.6 is 0 Å². The molecule has 0 fully saturated rings. The number of rotatable bonds is 5. The Kier molecular flexibility index (Phi) is 7.48. The van der Waals surface area contributed by atoms with E-state index in [4.69, 9.17) is 13.6 Å². The Labute approximate surface area is 246 Å². The minimum Gasteiger partial charge on any atom is -0.487 e. The fourth-order valence-electron chi connectivity index (χ4n) is 5.13. The van der Waals surface area contributed by atoms with Crippen LogP contribution in [0.4, 0.5) is 17.6 Å². The number of nitrogens with zero attached hydrogens (tertiary/aromatic N) is 1. The zero-order chi connectivity index (χ0) is 31.3. The molecule has 0 saturated heterocycles. The lowest BCUT2D eigenvalue weighted by Crippen LogP contribution is -2.23. The summed E-state index contributed by atoms with van der Waals surface area (Å²) in [6, 6.07) is 12.9. The van der Waals surface area contributed by atoms with E-state index in [1.165, 1.54) is 12.5 Å². The largest absolute Gasteiger partial charge is 0.487 e. The van der Waals surface area contributed by atoms with E-state index in [0.29, 0.717) is 28.3 Å². The van der Waals surface area contributed by atoms with E-state index in [1.54, 1.807) is 18.2 Å². The molecule has 2 heterocycles. The van der Waals surface area contributed by atoms with Gasteiger partial charge in [-0.1, -0.05) is 59.7 Å². The smallest absolute Gasteiger partial charge is 0.416 e. The molecule has 0 saturated carbocycles. The van der Waals surface area contributed by atoms with Crippen LogP contribution < -0.4 is 10.2 Å². The summed E-state index contributed by atoms with van der Waals surface area (Å²) in [5, 5.41) is 0.390. The van der Waals surface area contributed by atoms with E-state index in [9.17, 15) is 22.4 Å². The van der Waals surface area contributed by atoms with Gasteiger partial charge in [0.15, 0.2) is 0 Å². The lowest BCUT2D eigenvalue weighted by molar-refractivity contribution is -0.137. The fraction of sp³-hybridized carbons (Fsp3) is 0.294. The van der Waals surface area contributed by atoms with Gasteiger partial charge in [-0.15, -0.1) is 0 Å². The molecule has 0 bridgehead atoms. The van der Waals surface area contributed by atoms with Gasteiger partial charge in [0.05, 0.1) is 16.5 Å². The Balaban J connectivity index is 1.41. The SMILES string of the molecule is CC(C)(C)c1cccc(-c2coc3cc(OCc4coc(-c5cc(F)cc(C(F)(F)F)c5)n4)ccc3c2=O)c1C(C)(C)C. The lowest BCUT2D eigenvalue weighted by Gasteiger charge is -2.32. The highest BCUT2D eigenvalue weighted by Crippen LogP contribution is 2.40. The van der Waals surface area contributed by atoms with Gasteiger partial charge in [0.1, 0.15) is 42.0 Å². The van der Waals surface area contributed by atoms with Crippen LogP contribution in [0.3, 0.4) is 0 Å². The molecule has 0 spiro atoms. The second kappa shape index (κ2) is 10.7. The van der Waals surface area contributed by atoms with E-state index in [-0.39, 0.29) is 40.0 Å². The van der Waals surface area contributed by atoms with Crippen molar-refractivity contribution < 1.29 is 31.1 Å². The summed E-state index contributed by atoms with van der Waals surface area (Å²) in [7, 11) is 0. The molecule has 3 aromatic carbocycles. The summed E-state index contributed by atoms with van der Waals surface area (Å²) in [5.74, 6) is -0.854. The minimum absolute atomic E-state index is 0.0900. The number of hydrogen-bond acceptors (Lipinski definition) is 5. The average molecular weight is 594 g/mol. The summed E-state index contributed by atoms with van der Waals surface area (Å²) in [5.41, 5.74) is 2.35. The summed E-state index contributed by atoms with van der Waals surface area (Å²) in [6.45, 7) is 12.7. The molecule has 0 atom stereocenters. The highest BCUT2D eigenvalue weighted by atomic mass is 19.4. The summed E-state index contributed by atoms with van der Waals surface area (Å²) < 4.78 is 70.0. The maximum Gasteiger partial charge on any atom is 0.416 e. The Morgan fingerprint density at radius 1 is 0.837 bits per heavy atom. The molecule has 0 aliphatic heterocycles. The van der Waals surface area contributed by atoms with Gasteiger partial charge in [-0.05, 0) is 57.9 Å². The minimum atomic E-state index is -4.72. The van der Waals surface area contributed by atoms with Gasteiger partial charge < -0.3 is 13.6 Å². The fourth-order valence-corrected chi connectivity index (χ4v) is 5.13. The van der Waals surface area contributed by atoms with Crippen molar-refractivity contribution in [3.8, 4) is 28.3 Å². The third-order valence-electron chi connectivity index (χ3n) is 7.07. The topological polar surface area (TPSA) is 65.5 Å². The van der Waals surface area contributed by atoms with Crippen molar-refractivity contribution in [2.24, 2.45) is 0 Å². The Morgan fingerprint density at radius 2 is 1.58 bits per heavy atom.